The van der Waals surface area contributed by atoms with E-state index in [1.807, 2.05) is 18.7 Å². The van der Waals surface area contributed by atoms with E-state index in [2.05, 4.69) is 27.3 Å². The van der Waals surface area contributed by atoms with Gasteiger partial charge in [0.25, 0.3) is 0 Å². The zero-order valence-corrected chi connectivity index (χ0v) is 27.8. The predicted octanol–water partition coefficient (Wildman–Crippen LogP) is 5.02. The number of rotatable bonds is 13. The number of likely N-dealkylation sites (tertiary alicyclic amines) is 1. The van der Waals surface area contributed by atoms with Gasteiger partial charge in [0.15, 0.2) is 0 Å². The third-order valence-corrected chi connectivity index (χ3v) is 10.5. The summed E-state index contributed by atoms with van der Waals surface area (Å²) in [4.78, 5) is 34.8. The summed E-state index contributed by atoms with van der Waals surface area (Å²) < 4.78 is 31.1. The summed E-state index contributed by atoms with van der Waals surface area (Å²) in [5.41, 5.74) is 3.24. The SMILES string of the molecule is CCOc1cc(-c2ccc(F)cn2)c(C2CC2)cc1CN1CCC2(CC1)CN([C@H]1CC[C@@](C)(C(=O)NCCOCCO)CC1)C(=O)O2. The van der Waals surface area contributed by atoms with E-state index in [1.54, 1.807) is 6.07 Å². The average molecular weight is 653 g/mol. The Kier molecular flexibility index (Phi) is 10.3. The molecule has 47 heavy (non-hydrogen) atoms. The second-order valence-electron chi connectivity index (χ2n) is 14.0. The van der Waals surface area contributed by atoms with Crippen LogP contribution in [0.4, 0.5) is 9.18 Å². The number of amides is 2. The van der Waals surface area contributed by atoms with Gasteiger partial charge in [-0.2, -0.15) is 0 Å². The third-order valence-electron chi connectivity index (χ3n) is 10.5. The Morgan fingerprint density at radius 2 is 1.89 bits per heavy atom. The zero-order valence-electron chi connectivity index (χ0n) is 27.8. The Balaban J connectivity index is 1.04. The van der Waals surface area contributed by atoms with Gasteiger partial charge in [-0.3, -0.25) is 14.7 Å². The molecule has 0 atom stereocenters. The van der Waals surface area contributed by atoms with E-state index >= 15 is 0 Å². The quantitative estimate of drug-likeness (QED) is 0.290. The first-order valence-corrected chi connectivity index (χ1v) is 17.3. The maximum atomic E-state index is 13.6. The Bertz CT molecular complexity index is 1400. The number of nitrogens with zero attached hydrogens (tertiary/aromatic N) is 3. The minimum atomic E-state index is -0.472. The number of nitrogens with one attached hydrogen (secondary N) is 1. The summed E-state index contributed by atoms with van der Waals surface area (Å²) in [6.45, 7) is 8.55. The summed E-state index contributed by atoms with van der Waals surface area (Å²) in [7, 11) is 0. The first kappa shape index (κ1) is 33.6. The van der Waals surface area contributed by atoms with Crippen LogP contribution < -0.4 is 10.1 Å². The minimum Gasteiger partial charge on any atom is -0.494 e. The molecule has 0 radical (unpaired) electrons. The number of carbonyl (C=O) groups excluding carboxylic acids is 2. The maximum absolute atomic E-state index is 13.6. The Hall–Kier alpha value is -3.28. The van der Waals surface area contributed by atoms with Crippen LogP contribution in [0.5, 0.6) is 5.75 Å². The molecule has 4 aliphatic rings. The van der Waals surface area contributed by atoms with Gasteiger partial charge in [0.1, 0.15) is 17.2 Å². The van der Waals surface area contributed by atoms with Crippen LogP contribution in [0.3, 0.4) is 0 Å². The van der Waals surface area contributed by atoms with Crippen molar-refractivity contribution < 1.29 is 33.3 Å². The number of ether oxygens (including phenoxy) is 3. The van der Waals surface area contributed by atoms with Crippen LogP contribution in [-0.2, 0) is 20.8 Å². The minimum absolute atomic E-state index is 0.0231. The molecule has 0 bridgehead atoms. The third kappa shape index (κ3) is 7.73. The molecule has 1 aromatic carbocycles. The van der Waals surface area contributed by atoms with E-state index < -0.39 is 11.0 Å². The van der Waals surface area contributed by atoms with Crippen LogP contribution in [0, 0.1) is 11.2 Å². The number of benzene rings is 1. The maximum Gasteiger partial charge on any atom is 0.410 e. The number of halogens is 1. The molecule has 2 aromatic rings. The molecule has 3 heterocycles. The van der Waals surface area contributed by atoms with Gasteiger partial charge in [0, 0.05) is 61.6 Å². The normalized spacial score (nSPS) is 24.4. The fourth-order valence-corrected chi connectivity index (χ4v) is 7.49. The Morgan fingerprint density at radius 1 is 1.13 bits per heavy atom. The van der Waals surface area contributed by atoms with Crippen molar-refractivity contribution in [1.82, 2.24) is 20.1 Å². The lowest BCUT2D eigenvalue weighted by Gasteiger charge is -2.40. The number of aliphatic hydroxyl groups is 1. The lowest BCUT2D eigenvalue weighted by molar-refractivity contribution is -0.132. The molecule has 1 spiro atoms. The fraction of sp³-hybridized carbons (Fsp3) is 0.639. The molecule has 11 heteroatoms. The molecular weight excluding hydrogens is 603 g/mol. The van der Waals surface area contributed by atoms with Crippen LogP contribution in [-0.4, -0.2) is 96.1 Å². The molecule has 2 saturated carbocycles. The van der Waals surface area contributed by atoms with Crippen LogP contribution in [0.25, 0.3) is 11.3 Å². The van der Waals surface area contributed by atoms with Gasteiger partial charge in [0.2, 0.25) is 5.91 Å². The molecule has 2 amide bonds. The van der Waals surface area contributed by atoms with E-state index in [1.165, 1.54) is 17.8 Å². The van der Waals surface area contributed by atoms with E-state index in [-0.39, 0.29) is 37.1 Å². The second-order valence-corrected chi connectivity index (χ2v) is 14.0. The van der Waals surface area contributed by atoms with Crippen molar-refractivity contribution in [3.8, 4) is 17.0 Å². The van der Waals surface area contributed by atoms with Crippen molar-refractivity contribution >= 4 is 12.0 Å². The van der Waals surface area contributed by atoms with Gasteiger partial charge in [-0.15, -0.1) is 0 Å². The summed E-state index contributed by atoms with van der Waals surface area (Å²) in [6.07, 6.45) is 7.86. The molecular formula is C36H49FN4O6. The number of hydrogen-bond acceptors (Lipinski definition) is 8. The van der Waals surface area contributed by atoms with E-state index in [9.17, 15) is 14.0 Å². The summed E-state index contributed by atoms with van der Waals surface area (Å²) in [6, 6.07) is 7.63. The molecule has 256 valence electrons. The highest BCUT2D eigenvalue weighted by atomic mass is 19.1. The molecule has 10 nitrogen and oxygen atoms in total. The summed E-state index contributed by atoms with van der Waals surface area (Å²) >= 11 is 0. The number of carbonyl (C=O) groups is 2. The molecule has 0 unspecified atom stereocenters. The molecule has 2 saturated heterocycles. The summed E-state index contributed by atoms with van der Waals surface area (Å²) in [5, 5.41) is 11.8. The number of aliphatic hydroxyl groups excluding tert-OH is 1. The molecule has 2 aliphatic heterocycles. The number of hydrogen-bond donors (Lipinski definition) is 2. The highest BCUT2D eigenvalue weighted by Gasteiger charge is 2.50. The lowest BCUT2D eigenvalue weighted by atomic mass is 9.73. The number of piperidine rings is 1. The Morgan fingerprint density at radius 3 is 2.55 bits per heavy atom. The van der Waals surface area contributed by atoms with Crippen molar-refractivity contribution in [2.75, 3.05) is 52.6 Å². The molecule has 1 aromatic heterocycles. The molecule has 2 N–H and O–H groups in total. The average Bonchev–Trinajstić information content (AvgIpc) is 3.87. The standard InChI is InChI=1S/C36H49FN4O6/c1-3-46-32-21-30(31-7-6-27(37)22-39-31)29(25-4-5-25)20-26(32)23-40-15-12-36(13-16-40)24-41(34(44)47-36)28-8-10-35(2,11-9-28)33(43)38-14-18-45-19-17-42/h6-7,20-22,25,28,42H,3-5,8-19,23-24H2,1-2H3,(H,38,43)/t28-,35+. The Labute approximate surface area is 277 Å². The van der Waals surface area contributed by atoms with Crippen LogP contribution >= 0.6 is 0 Å². The van der Waals surface area contributed by atoms with Gasteiger partial charge >= 0.3 is 6.09 Å². The van der Waals surface area contributed by atoms with Crippen molar-refractivity contribution in [2.24, 2.45) is 5.41 Å². The van der Waals surface area contributed by atoms with Crippen LogP contribution in [0.15, 0.2) is 30.5 Å². The zero-order chi connectivity index (χ0) is 33.0. The van der Waals surface area contributed by atoms with Gasteiger partial charge in [-0.05, 0) is 81.2 Å². The highest BCUT2D eigenvalue weighted by Crippen LogP contribution is 2.47. The van der Waals surface area contributed by atoms with Crippen molar-refractivity contribution in [3.05, 3.63) is 47.4 Å². The number of pyridine rings is 1. The van der Waals surface area contributed by atoms with Crippen molar-refractivity contribution in [1.29, 1.82) is 0 Å². The second kappa shape index (κ2) is 14.5. The van der Waals surface area contributed by atoms with Gasteiger partial charge < -0.3 is 29.5 Å². The molecule has 6 rings (SSSR count). The first-order valence-electron chi connectivity index (χ1n) is 17.3. The van der Waals surface area contributed by atoms with Crippen LogP contribution in [0.1, 0.15) is 82.3 Å². The van der Waals surface area contributed by atoms with Gasteiger partial charge in [0.05, 0.1) is 44.9 Å². The molecule has 2 aliphatic carbocycles. The lowest BCUT2D eigenvalue weighted by Crippen LogP contribution is -2.49. The van der Waals surface area contributed by atoms with Crippen LogP contribution in [0.2, 0.25) is 0 Å². The largest absolute Gasteiger partial charge is 0.494 e. The number of aromatic nitrogens is 1. The topological polar surface area (TPSA) is 113 Å². The monoisotopic (exact) mass is 652 g/mol. The van der Waals surface area contributed by atoms with E-state index in [0.29, 0.717) is 45.1 Å². The van der Waals surface area contributed by atoms with Gasteiger partial charge in [-0.25, -0.2) is 9.18 Å². The predicted molar refractivity (Wildman–Crippen MR) is 174 cm³/mol. The van der Waals surface area contributed by atoms with Crippen molar-refractivity contribution in [2.45, 2.75) is 89.3 Å². The fourth-order valence-electron chi connectivity index (χ4n) is 7.49. The summed E-state index contributed by atoms with van der Waals surface area (Å²) in [5.74, 6) is 1.01. The van der Waals surface area contributed by atoms with E-state index in [4.69, 9.17) is 19.3 Å². The first-order chi connectivity index (χ1) is 22.7. The smallest absolute Gasteiger partial charge is 0.410 e. The van der Waals surface area contributed by atoms with E-state index in [0.717, 1.165) is 80.7 Å². The highest BCUT2D eigenvalue weighted by molar-refractivity contribution is 5.82. The van der Waals surface area contributed by atoms with Gasteiger partial charge in [-0.1, -0.05) is 6.92 Å². The van der Waals surface area contributed by atoms with Crippen molar-refractivity contribution in [3.63, 3.8) is 0 Å². The molecule has 4 fully saturated rings.